The largest absolute Gasteiger partial charge is 0.359 e. The molecule has 0 atom stereocenters. The number of aromatic nitrogens is 4. The Morgan fingerprint density at radius 3 is 2.61 bits per heavy atom. The summed E-state index contributed by atoms with van der Waals surface area (Å²) in [5, 5.41) is 12.1. The number of nitrogens with one attached hydrogen (secondary N) is 3. The van der Waals surface area contributed by atoms with Gasteiger partial charge in [-0.1, -0.05) is 56.3 Å². The number of hydrogen-bond acceptors (Lipinski definition) is 6. The highest BCUT2D eigenvalue weighted by atomic mass is 16.5. The van der Waals surface area contributed by atoms with Crippen molar-refractivity contribution in [2.24, 2.45) is 0 Å². The lowest BCUT2D eigenvalue weighted by molar-refractivity contribution is -0.115. The average molecular weight is 441 g/mol. The second kappa shape index (κ2) is 8.05. The van der Waals surface area contributed by atoms with Crippen LogP contribution in [-0.2, 0) is 16.6 Å². The third kappa shape index (κ3) is 4.27. The summed E-state index contributed by atoms with van der Waals surface area (Å²) in [5.74, 6) is 1.72. The molecule has 3 aromatic heterocycles. The zero-order valence-electron chi connectivity index (χ0n) is 18.6. The summed E-state index contributed by atoms with van der Waals surface area (Å²) < 4.78 is 5.32. The van der Waals surface area contributed by atoms with Crippen LogP contribution in [0.3, 0.4) is 0 Å². The van der Waals surface area contributed by atoms with Gasteiger partial charge in [-0.3, -0.25) is 4.79 Å². The Hall–Kier alpha value is -4.20. The summed E-state index contributed by atoms with van der Waals surface area (Å²) in [7, 11) is 0. The van der Waals surface area contributed by atoms with E-state index in [1.165, 1.54) is 6.33 Å². The Morgan fingerprint density at radius 2 is 1.85 bits per heavy atom. The van der Waals surface area contributed by atoms with Gasteiger partial charge in [0, 0.05) is 28.1 Å². The zero-order chi connectivity index (χ0) is 23.0. The maximum atomic E-state index is 12.4. The van der Waals surface area contributed by atoms with Crippen LogP contribution >= 0.6 is 0 Å². The summed E-state index contributed by atoms with van der Waals surface area (Å²) >= 11 is 0. The number of fused-ring (bicyclic) bond motifs is 3. The fraction of sp³-hybridized carbons (Fsp3) is 0.200. The van der Waals surface area contributed by atoms with Crippen LogP contribution in [-0.4, -0.2) is 26.0 Å². The fourth-order valence-electron chi connectivity index (χ4n) is 3.67. The van der Waals surface area contributed by atoms with Crippen molar-refractivity contribution < 1.29 is 9.32 Å². The standard InChI is InChI=1S/C25H24N6O2/c1-25(2,3)19-13-20(31-33-19)30-21(32)12-15-8-10-16(11-9-15)28-23-22-17-6-4-5-7-18(17)29-24(22)27-14-26-23/h4-11,13-14H,12H2,1-3H3,(H,30,31,32)(H2,26,27,28,29). The number of rotatable bonds is 5. The normalized spacial score (nSPS) is 11.7. The molecule has 8 heteroatoms. The van der Waals surface area contributed by atoms with Crippen LogP contribution in [0.5, 0.6) is 0 Å². The Kier molecular flexibility index (Phi) is 5.05. The molecule has 0 saturated heterocycles. The first-order chi connectivity index (χ1) is 15.9. The van der Waals surface area contributed by atoms with Crippen LogP contribution in [0.4, 0.5) is 17.3 Å². The van der Waals surface area contributed by atoms with Crippen molar-refractivity contribution in [3.05, 3.63) is 72.2 Å². The SMILES string of the molecule is CC(C)(C)c1cc(NC(=O)Cc2ccc(Nc3ncnc4[nH]c5ccccc5c34)cc2)no1. The molecule has 0 saturated carbocycles. The molecule has 0 bridgehead atoms. The van der Waals surface area contributed by atoms with Gasteiger partial charge in [0.1, 0.15) is 23.6 Å². The Labute approximate surface area is 190 Å². The van der Waals surface area contributed by atoms with E-state index in [2.05, 4.69) is 30.7 Å². The van der Waals surface area contributed by atoms with Gasteiger partial charge in [-0.15, -0.1) is 0 Å². The third-order valence-corrected chi connectivity index (χ3v) is 5.39. The summed E-state index contributed by atoms with van der Waals surface area (Å²) in [5.41, 5.74) is 3.39. The van der Waals surface area contributed by atoms with Crippen molar-refractivity contribution in [1.82, 2.24) is 20.1 Å². The van der Waals surface area contributed by atoms with Crippen LogP contribution in [0.25, 0.3) is 21.9 Å². The lowest BCUT2D eigenvalue weighted by Crippen LogP contribution is -2.14. The van der Waals surface area contributed by atoms with Crippen molar-refractivity contribution in [1.29, 1.82) is 0 Å². The molecule has 8 nitrogen and oxygen atoms in total. The second-order valence-corrected chi connectivity index (χ2v) is 8.99. The molecule has 3 heterocycles. The maximum absolute atomic E-state index is 12.4. The van der Waals surface area contributed by atoms with Crippen LogP contribution in [0.2, 0.25) is 0 Å². The number of anilines is 3. The first-order valence-corrected chi connectivity index (χ1v) is 10.7. The molecule has 1 amide bonds. The van der Waals surface area contributed by atoms with Gasteiger partial charge < -0.3 is 20.1 Å². The van der Waals surface area contributed by atoms with Gasteiger partial charge in [0.05, 0.1) is 11.8 Å². The van der Waals surface area contributed by atoms with Crippen molar-refractivity contribution >= 4 is 45.2 Å². The van der Waals surface area contributed by atoms with Gasteiger partial charge in [-0.2, -0.15) is 0 Å². The molecule has 5 rings (SSSR count). The molecule has 0 aliphatic carbocycles. The predicted octanol–water partition coefficient (Wildman–Crippen LogP) is 5.32. The molecule has 0 unspecified atom stereocenters. The van der Waals surface area contributed by atoms with Gasteiger partial charge in [0.25, 0.3) is 0 Å². The number of aromatic amines is 1. The Morgan fingerprint density at radius 1 is 1.06 bits per heavy atom. The zero-order valence-corrected chi connectivity index (χ0v) is 18.6. The summed E-state index contributed by atoms with van der Waals surface area (Å²) in [6, 6.07) is 17.5. The molecule has 0 aliphatic rings. The molecule has 3 N–H and O–H groups in total. The Balaban J connectivity index is 1.28. The molecule has 33 heavy (non-hydrogen) atoms. The van der Waals surface area contributed by atoms with Gasteiger partial charge >= 0.3 is 0 Å². The first kappa shape index (κ1) is 20.7. The minimum Gasteiger partial charge on any atom is -0.359 e. The summed E-state index contributed by atoms with van der Waals surface area (Å²) in [6.45, 7) is 6.08. The van der Waals surface area contributed by atoms with Crippen molar-refractivity contribution in [3.8, 4) is 0 Å². The third-order valence-electron chi connectivity index (χ3n) is 5.39. The molecule has 5 aromatic rings. The first-order valence-electron chi connectivity index (χ1n) is 10.7. The molecule has 0 radical (unpaired) electrons. The van der Waals surface area contributed by atoms with Gasteiger partial charge in [-0.25, -0.2) is 9.97 Å². The molecular formula is C25H24N6O2. The number of carbonyl (C=O) groups is 1. The van der Waals surface area contributed by atoms with Crippen molar-refractivity contribution in [2.45, 2.75) is 32.6 Å². The van der Waals surface area contributed by atoms with Crippen LogP contribution in [0, 0.1) is 0 Å². The van der Waals surface area contributed by atoms with E-state index in [9.17, 15) is 4.79 Å². The predicted molar refractivity (Wildman–Crippen MR) is 129 cm³/mol. The van der Waals surface area contributed by atoms with Gasteiger partial charge in [0.2, 0.25) is 5.91 Å². The highest BCUT2D eigenvalue weighted by Crippen LogP contribution is 2.30. The summed E-state index contributed by atoms with van der Waals surface area (Å²) in [4.78, 5) is 24.5. The van der Waals surface area contributed by atoms with E-state index < -0.39 is 0 Å². The van der Waals surface area contributed by atoms with Crippen LogP contribution < -0.4 is 10.6 Å². The smallest absolute Gasteiger partial charge is 0.230 e. The Bertz CT molecular complexity index is 1440. The number of nitrogens with zero attached hydrogens (tertiary/aromatic N) is 3. The number of H-pyrrole nitrogens is 1. The second-order valence-electron chi connectivity index (χ2n) is 8.99. The monoisotopic (exact) mass is 440 g/mol. The molecule has 0 spiro atoms. The molecule has 0 aliphatic heterocycles. The van der Waals surface area contributed by atoms with Crippen LogP contribution in [0.1, 0.15) is 32.1 Å². The van der Waals surface area contributed by atoms with Crippen molar-refractivity contribution in [2.75, 3.05) is 10.6 Å². The van der Waals surface area contributed by atoms with Crippen LogP contribution in [0.15, 0.2) is 65.4 Å². The van der Waals surface area contributed by atoms with E-state index in [0.717, 1.165) is 44.8 Å². The molecular weight excluding hydrogens is 416 g/mol. The number of hydrogen-bond donors (Lipinski definition) is 3. The minimum atomic E-state index is -0.166. The lowest BCUT2D eigenvalue weighted by Gasteiger charge is -2.12. The van der Waals surface area contributed by atoms with E-state index >= 15 is 0 Å². The molecule has 2 aromatic carbocycles. The van der Waals surface area contributed by atoms with E-state index in [1.54, 1.807) is 6.07 Å². The van der Waals surface area contributed by atoms with E-state index in [0.29, 0.717) is 5.82 Å². The van der Waals surface area contributed by atoms with E-state index in [-0.39, 0.29) is 17.7 Å². The quantitative estimate of drug-likeness (QED) is 0.341. The summed E-state index contributed by atoms with van der Waals surface area (Å²) in [6.07, 6.45) is 1.77. The van der Waals surface area contributed by atoms with Gasteiger partial charge in [0.15, 0.2) is 5.82 Å². The molecule has 0 fully saturated rings. The number of carbonyl (C=O) groups excluding carboxylic acids is 1. The highest BCUT2D eigenvalue weighted by molar-refractivity contribution is 6.11. The average Bonchev–Trinajstić information content (AvgIpc) is 3.40. The maximum Gasteiger partial charge on any atom is 0.230 e. The number of para-hydroxylation sites is 1. The number of benzene rings is 2. The number of amides is 1. The lowest BCUT2D eigenvalue weighted by atomic mass is 9.93. The van der Waals surface area contributed by atoms with Gasteiger partial charge in [-0.05, 0) is 23.8 Å². The van der Waals surface area contributed by atoms with Crippen molar-refractivity contribution in [3.63, 3.8) is 0 Å². The van der Waals surface area contributed by atoms with E-state index in [4.69, 9.17) is 4.52 Å². The highest BCUT2D eigenvalue weighted by Gasteiger charge is 2.20. The fourth-order valence-corrected chi connectivity index (χ4v) is 3.67. The van der Waals surface area contributed by atoms with E-state index in [1.807, 2.05) is 69.3 Å². The topological polar surface area (TPSA) is 109 Å². The minimum absolute atomic E-state index is 0.152. The molecule has 166 valence electrons.